The van der Waals surface area contributed by atoms with Gasteiger partial charge in [0.15, 0.2) is 4.32 Å². The SMILES string of the molecule is Cn1cccc1C=C1SC(=S)N(NC(=O)c2ccncc2)C1=O. The highest BCUT2D eigenvalue weighted by atomic mass is 32.2. The number of rotatable bonds is 3. The molecule has 0 spiro atoms. The number of thiocarbonyl (C=S) groups is 1. The molecule has 3 heterocycles. The van der Waals surface area contributed by atoms with Gasteiger partial charge >= 0.3 is 0 Å². The van der Waals surface area contributed by atoms with Gasteiger partial charge in [-0.05, 0) is 42.6 Å². The molecule has 0 aliphatic carbocycles. The number of hydrazine groups is 1. The molecule has 2 amide bonds. The van der Waals surface area contributed by atoms with Crippen molar-refractivity contribution in [3.8, 4) is 0 Å². The third-order valence-corrected chi connectivity index (χ3v) is 4.51. The number of hydrogen-bond acceptors (Lipinski definition) is 5. The zero-order chi connectivity index (χ0) is 16.4. The van der Waals surface area contributed by atoms with Crippen molar-refractivity contribution in [2.75, 3.05) is 0 Å². The number of hydrogen-bond donors (Lipinski definition) is 1. The molecule has 6 nitrogen and oxygen atoms in total. The minimum absolute atomic E-state index is 0.290. The van der Waals surface area contributed by atoms with Crippen LogP contribution in [0, 0.1) is 0 Å². The molecule has 8 heteroatoms. The number of aryl methyl sites for hydroxylation is 1. The normalized spacial score (nSPS) is 16.2. The summed E-state index contributed by atoms with van der Waals surface area (Å²) in [7, 11) is 1.89. The van der Waals surface area contributed by atoms with E-state index in [9.17, 15) is 9.59 Å². The predicted molar refractivity (Wildman–Crippen MR) is 92.1 cm³/mol. The lowest BCUT2D eigenvalue weighted by atomic mass is 10.2. The Bertz CT molecular complexity index is 814. The Kier molecular flexibility index (Phi) is 4.26. The highest BCUT2D eigenvalue weighted by Crippen LogP contribution is 2.31. The molecule has 2 aromatic rings. The van der Waals surface area contributed by atoms with Gasteiger partial charge in [-0.15, -0.1) is 0 Å². The molecule has 1 fully saturated rings. The number of nitrogens with one attached hydrogen (secondary N) is 1. The number of nitrogens with zero attached hydrogens (tertiary/aromatic N) is 3. The minimum Gasteiger partial charge on any atom is -0.351 e. The largest absolute Gasteiger partial charge is 0.351 e. The van der Waals surface area contributed by atoms with Crippen molar-refractivity contribution in [3.05, 3.63) is 59.0 Å². The van der Waals surface area contributed by atoms with Crippen LogP contribution in [-0.4, -0.2) is 30.7 Å². The molecule has 1 saturated heterocycles. The van der Waals surface area contributed by atoms with Gasteiger partial charge in [-0.25, -0.2) is 0 Å². The Morgan fingerprint density at radius 3 is 2.74 bits per heavy atom. The molecular weight excluding hydrogens is 332 g/mol. The summed E-state index contributed by atoms with van der Waals surface area (Å²) in [6.45, 7) is 0. The van der Waals surface area contributed by atoms with Crippen molar-refractivity contribution < 1.29 is 9.59 Å². The summed E-state index contributed by atoms with van der Waals surface area (Å²) in [4.78, 5) is 28.9. The van der Waals surface area contributed by atoms with Crippen molar-refractivity contribution in [2.45, 2.75) is 0 Å². The van der Waals surface area contributed by atoms with E-state index in [0.717, 1.165) is 22.5 Å². The standard InChI is InChI=1S/C15H12N4O2S2/c1-18-8-2-3-11(18)9-12-14(21)19(15(22)23-12)17-13(20)10-4-6-16-7-5-10/h2-9H,1H3,(H,17,20). The van der Waals surface area contributed by atoms with Gasteiger partial charge in [0.25, 0.3) is 11.8 Å². The third kappa shape index (κ3) is 3.17. The van der Waals surface area contributed by atoms with E-state index in [0.29, 0.717) is 10.5 Å². The van der Waals surface area contributed by atoms with E-state index >= 15 is 0 Å². The molecule has 1 aliphatic rings. The van der Waals surface area contributed by atoms with Gasteiger partial charge < -0.3 is 4.57 Å². The molecule has 1 N–H and O–H groups in total. The third-order valence-electron chi connectivity index (χ3n) is 3.21. The predicted octanol–water partition coefficient (Wildman–Crippen LogP) is 1.97. The molecule has 116 valence electrons. The highest BCUT2D eigenvalue weighted by Gasteiger charge is 2.33. The van der Waals surface area contributed by atoms with Gasteiger partial charge in [0.1, 0.15) is 0 Å². The summed E-state index contributed by atoms with van der Waals surface area (Å²) in [6.07, 6.45) is 6.65. The Labute approximate surface area is 142 Å². The molecule has 0 aromatic carbocycles. The Morgan fingerprint density at radius 2 is 2.09 bits per heavy atom. The molecule has 0 radical (unpaired) electrons. The second kappa shape index (κ2) is 6.35. The molecule has 0 saturated carbocycles. The van der Waals surface area contributed by atoms with E-state index in [1.807, 2.05) is 29.9 Å². The van der Waals surface area contributed by atoms with Crippen LogP contribution >= 0.6 is 24.0 Å². The average molecular weight is 344 g/mol. The van der Waals surface area contributed by atoms with Crippen LogP contribution in [-0.2, 0) is 11.8 Å². The first-order valence-corrected chi connectivity index (χ1v) is 7.89. The number of thioether (sulfide) groups is 1. The maximum atomic E-state index is 12.4. The fourth-order valence-electron chi connectivity index (χ4n) is 1.99. The first kappa shape index (κ1) is 15.4. The molecule has 0 bridgehead atoms. The van der Waals surface area contributed by atoms with Crippen LogP contribution in [0.3, 0.4) is 0 Å². The van der Waals surface area contributed by atoms with Crippen LogP contribution in [0.4, 0.5) is 0 Å². The van der Waals surface area contributed by atoms with E-state index in [4.69, 9.17) is 12.2 Å². The zero-order valence-electron chi connectivity index (χ0n) is 12.1. The number of carbonyl (C=O) groups excluding carboxylic acids is 2. The molecule has 23 heavy (non-hydrogen) atoms. The van der Waals surface area contributed by atoms with Gasteiger partial charge in [0.2, 0.25) is 0 Å². The van der Waals surface area contributed by atoms with Crippen molar-refractivity contribution in [1.82, 2.24) is 20.0 Å². The topological polar surface area (TPSA) is 67.2 Å². The summed E-state index contributed by atoms with van der Waals surface area (Å²) in [6, 6.07) is 6.90. The first-order chi connectivity index (χ1) is 11.1. The summed E-state index contributed by atoms with van der Waals surface area (Å²) < 4.78 is 2.18. The monoisotopic (exact) mass is 344 g/mol. The summed E-state index contributed by atoms with van der Waals surface area (Å²) >= 11 is 6.34. The first-order valence-electron chi connectivity index (χ1n) is 6.66. The number of pyridine rings is 1. The number of aromatic nitrogens is 2. The zero-order valence-corrected chi connectivity index (χ0v) is 13.7. The van der Waals surface area contributed by atoms with Gasteiger partial charge in [0.05, 0.1) is 4.91 Å². The van der Waals surface area contributed by atoms with Crippen molar-refractivity contribution in [2.24, 2.45) is 7.05 Å². The average Bonchev–Trinajstić information content (AvgIpc) is 3.07. The van der Waals surface area contributed by atoms with Crippen molar-refractivity contribution in [1.29, 1.82) is 0 Å². The molecular formula is C15H12N4O2S2. The van der Waals surface area contributed by atoms with Gasteiger partial charge in [-0.1, -0.05) is 11.8 Å². The van der Waals surface area contributed by atoms with E-state index in [1.165, 1.54) is 12.4 Å². The van der Waals surface area contributed by atoms with E-state index in [-0.39, 0.29) is 10.2 Å². The van der Waals surface area contributed by atoms with E-state index in [1.54, 1.807) is 18.2 Å². The van der Waals surface area contributed by atoms with Crippen LogP contribution in [0.15, 0.2) is 47.8 Å². The second-order valence-corrected chi connectivity index (χ2v) is 6.41. The second-order valence-electron chi connectivity index (χ2n) is 4.74. The van der Waals surface area contributed by atoms with Crippen LogP contribution in [0.1, 0.15) is 16.1 Å². The van der Waals surface area contributed by atoms with Crippen LogP contribution in [0.25, 0.3) is 6.08 Å². The highest BCUT2D eigenvalue weighted by molar-refractivity contribution is 8.26. The minimum atomic E-state index is -0.413. The Balaban J connectivity index is 1.78. The Morgan fingerprint density at radius 1 is 1.35 bits per heavy atom. The Hall–Kier alpha value is -2.45. The van der Waals surface area contributed by atoms with E-state index < -0.39 is 5.91 Å². The maximum Gasteiger partial charge on any atom is 0.285 e. The molecule has 3 rings (SSSR count). The van der Waals surface area contributed by atoms with Crippen LogP contribution in [0.5, 0.6) is 0 Å². The fraction of sp³-hybridized carbons (Fsp3) is 0.0667. The lowest BCUT2D eigenvalue weighted by Gasteiger charge is -2.15. The van der Waals surface area contributed by atoms with Crippen molar-refractivity contribution in [3.63, 3.8) is 0 Å². The molecule has 1 aliphatic heterocycles. The fourth-order valence-corrected chi connectivity index (χ4v) is 3.16. The molecule has 2 aromatic heterocycles. The van der Waals surface area contributed by atoms with Crippen molar-refractivity contribution >= 4 is 46.2 Å². The summed E-state index contributed by atoms with van der Waals surface area (Å²) in [5.74, 6) is -0.757. The maximum absolute atomic E-state index is 12.4. The van der Waals surface area contributed by atoms with E-state index in [2.05, 4.69) is 10.4 Å². The quantitative estimate of drug-likeness (QED) is 0.681. The number of carbonyl (C=O) groups is 2. The molecule has 0 unspecified atom stereocenters. The van der Waals surface area contributed by atoms with Crippen LogP contribution < -0.4 is 5.43 Å². The van der Waals surface area contributed by atoms with Gasteiger partial charge in [-0.2, -0.15) is 5.01 Å². The van der Waals surface area contributed by atoms with Gasteiger partial charge in [-0.3, -0.25) is 20.0 Å². The lowest BCUT2D eigenvalue weighted by Crippen LogP contribution is -2.44. The summed E-state index contributed by atoms with van der Waals surface area (Å²) in [5, 5.41) is 1.09. The smallest absolute Gasteiger partial charge is 0.285 e. The van der Waals surface area contributed by atoms with Crippen LogP contribution in [0.2, 0.25) is 0 Å². The summed E-state index contributed by atoms with van der Waals surface area (Å²) in [5.41, 5.74) is 3.81. The van der Waals surface area contributed by atoms with Gasteiger partial charge in [0, 0.05) is 36.9 Å². The lowest BCUT2D eigenvalue weighted by molar-refractivity contribution is -0.123. The molecule has 0 atom stereocenters. The number of amides is 2.